The first-order chi connectivity index (χ1) is 11.1. The van der Waals surface area contributed by atoms with Gasteiger partial charge in [0.05, 0.1) is 12.4 Å². The monoisotopic (exact) mass is 328 g/mol. The van der Waals surface area contributed by atoms with Crippen LogP contribution in [0, 0.1) is 25.2 Å². The lowest BCUT2D eigenvalue weighted by Gasteiger charge is -2.35. The van der Waals surface area contributed by atoms with E-state index in [4.69, 9.17) is 0 Å². The number of fused-ring (bicyclic) bond motifs is 1. The molecule has 2 aromatic rings. The zero-order valence-electron chi connectivity index (χ0n) is 13.7. The van der Waals surface area contributed by atoms with Gasteiger partial charge in [-0.15, -0.1) is 11.3 Å². The summed E-state index contributed by atoms with van der Waals surface area (Å²) >= 11 is 1.81. The van der Waals surface area contributed by atoms with E-state index < -0.39 is 0 Å². The summed E-state index contributed by atoms with van der Waals surface area (Å²) in [6.45, 7) is 7.13. The highest BCUT2D eigenvalue weighted by atomic mass is 32.1. The number of nitrogens with zero attached hydrogens (tertiary/aromatic N) is 4. The molecule has 120 valence electrons. The van der Waals surface area contributed by atoms with E-state index >= 15 is 0 Å². The minimum Gasteiger partial charge on any atom is -0.277 e. The van der Waals surface area contributed by atoms with Crippen molar-refractivity contribution in [3.8, 4) is 6.07 Å². The lowest BCUT2D eigenvalue weighted by molar-refractivity contribution is 0.127. The molecule has 0 saturated carbocycles. The highest BCUT2D eigenvalue weighted by molar-refractivity contribution is 7.10. The molecule has 6 heteroatoms. The van der Waals surface area contributed by atoms with Crippen molar-refractivity contribution < 1.29 is 0 Å². The van der Waals surface area contributed by atoms with Gasteiger partial charge in [0.15, 0.2) is 0 Å². The Morgan fingerprint density at radius 1 is 1.48 bits per heavy atom. The average Bonchev–Trinajstić information content (AvgIpc) is 3.01. The van der Waals surface area contributed by atoms with Crippen LogP contribution < -0.4 is 5.56 Å². The topological polar surface area (TPSA) is 61.9 Å². The molecule has 3 heterocycles. The molecule has 1 aliphatic rings. The summed E-state index contributed by atoms with van der Waals surface area (Å²) in [5, 5.41) is 15.8. The van der Waals surface area contributed by atoms with E-state index in [0.29, 0.717) is 18.3 Å². The third kappa shape index (κ3) is 2.71. The van der Waals surface area contributed by atoms with Crippen molar-refractivity contribution >= 4 is 11.3 Å². The van der Waals surface area contributed by atoms with Crippen LogP contribution in [0.5, 0.6) is 0 Å². The van der Waals surface area contributed by atoms with E-state index in [-0.39, 0.29) is 11.1 Å². The van der Waals surface area contributed by atoms with E-state index in [9.17, 15) is 10.1 Å². The smallest absolute Gasteiger partial charge is 0.277 e. The molecule has 0 N–H and O–H groups in total. The van der Waals surface area contributed by atoms with E-state index in [0.717, 1.165) is 25.1 Å². The molecule has 0 bridgehead atoms. The van der Waals surface area contributed by atoms with Gasteiger partial charge < -0.3 is 0 Å². The van der Waals surface area contributed by atoms with Gasteiger partial charge in [-0.2, -0.15) is 10.4 Å². The first-order valence-corrected chi connectivity index (χ1v) is 8.73. The van der Waals surface area contributed by atoms with E-state index in [1.807, 2.05) is 24.3 Å². The lowest BCUT2D eigenvalue weighted by atomic mass is 9.98. The number of nitriles is 1. The summed E-state index contributed by atoms with van der Waals surface area (Å²) in [5.74, 6) is 0. The van der Waals surface area contributed by atoms with Crippen LogP contribution in [0.15, 0.2) is 16.2 Å². The Balaban J connectivity index is 1.96. The van der Waals surface area contributed by atoms with Crippen molar-refractivity contribution in [2.75, 3.05) is 6.54 Å². The van der Waals surface area contributed by atoms with Gasteiger partial charge in [0.1, 0.15) is 11.6 Å². The van der Waals surface area contributed by atoms with E-state index in [1.165, 1.54) is 15.1 Å². The Bertz CT molecular complexity index is 830. The molecule has 0 amide bonds. The van der Waals surface area contributed by atoms with Gasteiger partial charge >= 0.3 is 0 Å². The van der Waals surface area contributed by atoms with Crippen molar-refractivity contribution in [1.82, 2.24) is 14.7 Å². The van der Waals surface area contributed by atoms with Gasteiger partial charge in [-0.3, -0.25) is 9.69 Å². The second-order valence-electron chi connectivity index (χ2n) is 5.93. The van der Waals surface area contributed by atoms with Crippen LogP contribution in [-0.2, 0) is 13.1 Å². The minimum atomic E-state index is -0.290. The van der Waals surface area contributed by atoms with Gasteiger partial charge in [0.25, 0.3) is 5.56 Å². The fourth-order valence-corrected chi connectivity index (χ4v) is 4.20. The third-order valence-corrected chi connectivity index (χ3v) is 5.65. The lowest BCUT2D eigenvalue weighted by Crippen LogP contribution is -2.40. The van der Waals surface area contributed by atoms with Crippen molar-refractivity contribution in [2.24, 2.45) is 0 Å². The number of hydrogen-bond donors (Lipinski definition) is 0. The van der Waals surface area contributed by atoms with Crippen LogP contribution in [0.25, 0.3) is 0 Å². The normalized spacial score (nSPS) is 17.7. The van der Waals surface area contributed by atoms with Crippen LogP contribution in [-0.4, -0.2) is 21.2 Å². The second kappa shape index (κ2) is 6.26. The minimum absolute atomic E-state index is 0.207. The van der Waals surface area contributed by atoms with Crippen LogP contribution in [0.4, 0.5) is 0 Å². The molecular weight excluding hydrogens is 308 g/mol. The Morgan fingerprint density at radius 3 is 2.96 bits per heavy atom. The maximum atomic E-state index is 12.5. The summed E-state index contributed by atoms with van der Waals surface area (Å²) in [7, 11) is 0. The van der Waals surface area contributed by atoms with Gasteiger partial charge in [-0.05, 0) is 49.3 Å². The van der Waals surface area contributed by atoms with Crippen molar-refractivity contribution in [3.05, 3.63) is 49.1 Å². The Hall–Kier alpha value is -1.97. The van der Waals surface area contributed by atoms with Gasteiger partial charge in [-0.1, -0.05) is 6.92 Å². The molecule has 1 atom stereocenters. The fraction of sp³-hybridized carbons (Fsp3) is 0.471. The Labute approximate surface area is 139 Å². The number of hydrogen-bond acceptors (Lipinski definition) is 5. The van der Waals surface area contributed by atoms with Crippen LogP contribution in [0.2, 0.25) is 0 Å². The molecule has 1 aliphatic heterocycles. The highest BCUT2D eigenvalue weighted by Crippen LogP contribution is 2.35. The second-order valence-corrected chi connectivity index (χ2v) is 6.93. The third-order valence-electron chi connectivity index (χ3n) is 4.66. The maximum absolute atomic E-state index is 12.5. The van der Waals surface area contributed by atoms with Crippen LogP contribution in [0.1, 0.15) is 46.6 Å². The average molecular weight is 328 g/mol. The number of rotatable bonds is 3. The molecule has 0 fully saturated rings. The molecule has 0 aromatic carbocycles. The zero-order valence-corrected chi connectivity index (χ0v) is 14.5. The summed E-state index contributed by atoms with van der Waals surface area (Å²) in [5.41, 5.74) is 2.71. The quantitative estimate of drug-likeness (QED) is 0.869. The van der Waals surface area contributed by atoms with Gasteiger partial charge in [-0.25, -0.2) is 4.68 Å². The molecule has 2 aromatic heterocycles. The van der Waals surface area contributed by atoms with Crippen molar-refractivity contribution in [2.45, 2.75) is 46.3 Å². The van der Waals surface area contributed by atoms with Crippen LogP contribution >= 0.6 is 11.3 Å². The van der Waals surface area contributed by atoms with Gasteiger partial charge in [0, 0.05) is 17.5 Å². The molecule has 0 saturated heterocycles. The maximum Gasteiger partial charge on any atom is 0.286 e. The molecule has 0 unspecified atom stereocenters. The SMILES string of the molecule is CC[C@H]1c2ccsc2CCN1Cn1nc(C)c(C)c(C#N)c1=O. The summed E-state index contributed by atoms with van der Waals surface area (Å²) < 4.78 is 1.45. The largest absolute Gasteiger partial charge is 0.286 e. The standard InChI is InChI=1S/C17H20N4OS/c1-4-15-13-6-8-23-16(13)5-7-20(15)10-21-17(22)14(9-18)11(2)12(3)19-21/h6,8,15H,4-5,7,10H2,1-3H3/t15-/m0/s1. The fourth-order valence-electron chi connectivity index (χ4n) is 3.27. The molecule has 3 rings (SSSR count). The molecule has 0 radical (unpaired) electrons. The summed E-state index contributed by atoms with van der Waals surface area (Å²) in [6, 6.07) is 4.53. The molecular formula is C17H20N4OS. The number of thiophene rings is 1. The predicted molar refractivity (Wildman–Crippen MR) is 90.4 cm³/mol. The van der Waals surface area contributed by atoms with Crippen LogP contribution in [0.3, 0.4) is 0 Å². The van der Waals surface area contributed by atoms with E-state index in [1.54, 1.807) is 6.92 Å². The molecule has 5 nitrogen and oxygen atoms in total. The Morgan fingerprint density at radius 2 is 2.26 bits per heavy atom. The highest BCUT2D eigenvalue weighted by Gasteiger charge is 2.27. The first kappa shape index (κ1) is 15.9. The molecule has 0 aliphatic carbocycles. The summed E-state index contributed by atoms with van der Waals surface area (Å²) in [6.07, 6.45) is 2.00. The molecule has 23 heavy (non-hydrogen) atoms. The first-order valence-electron chi connectivity index (χ1n) is 7.85. The number of aromatic nitrogens is 2. The summed E-state index contributed by atoms with van der Waals surface area (Å²) in [4.78, 5) is 16.2. The van der Waals surface area contributed by atoms with Crippen molar-refractivity contribution in [3.63, 3.8) is 0 Å². The van der Waals surface area contributed by atoms with E-state index in [2.05, 4.69) is 28.4 Å². The molecule has 0 spiro atoms. The zero-order chi connectivity index (χ0) is 16.6. The van der Waals surface area contributed by atoms with Crippen molar-refractivity contribution in [1.29, 1.82) is 5.26 Å². The number of aryl methyl sites for hydroxylation is 1. The Kier molecular flexibility index (Phi) is 4.33. The van der Waals surface area contributed by atoms with Gasteiger partial charge in [0.2, 0.25) is 0 Å². The predicted octanol–water partition coefficient (Wildman–Crippen LogP) is 2.76.